The molecule has 1 aliphatic rings. The lowest BCUT2D eigenvalue weighted by atomic mass is 9.97. The lowest BCUT2D eigenvalue weighted by molar-refractivity contribution is -0.142. The van der Waals surface area contributed by atoms with Crippen LogP contribution in [-0.2, 0) is 4.79 Å². The Labute approximate surface area is 117 Å². The topological polar surface area (TPSA) is 62.2 Å². The van der Waals surface area contributed by atoms with E-state index in [1.165, 1.54) is 0 Å². The van der Waals surface area contributed by atoms with Gasteiger partial charge in [-0.1, -0.05) is 31.0 Å². The van der Waals surface area contributed by atoms with Crippen LogP contribution in [0.1, 0.15) is 31.2 Å². The second kappa shape index (κ2) is 4.78. The number of carboxylic acid groups (broad SMARTS) is 1. The number of nitrogens with one attached hydrogen (secondary N) is 1. The number of pyridine rings is 1. The Kier molecular flexibility index (Phi) is 3.08. The molecule has 2 aromatic rings. The summed E-state index contributed by atoms with van der Waals surface area (Å²) in [6.45, 7) is 1.96. The molecule has 0 aliphatic heterocycles. The minimum atomic E-state index is -0.847. The number of fused-ring (bicyclic) bond motifs is 1. The van der Waals surface area contributed by atoms with E-state index >= 15 is 0 Å². The Morgan fingerprint density at radius 2 is 2.00 bits per heavy atom. The van der Waals surface area contributed by atoms with Gasteiger partial charge in [-0.15, -0.1) is 0 Å². The molecule has 4 heteroatoms. The monoisotopic (exact) mass is 270 g/mol. The molecule has 0 unspecified atom stereocenters. The SMILES string of the molecule is Cc1cc2ccccc2nc1NC1(C(=O)O)CCCC1. The zero-order valence-electron chi connectivity index (χ0n) is 11.5. The molecule has 0 saturated heterocycles. The van der Waals surface area contributed by atoms with Gasteiger partial charge in [0, 0.05) is 5.39 Å². The summed E-state index contributed by atoms with van der Waals surface area (Å²) >= 11 is 0. The van der Waals surface area contributed by atoms with Crippen molar-refractivity contribution in [3.63, 3.8) is 0 Å². The summed E-state index contributed by atoms with van der Waals surface area (Å²) in [7, 11) is 0. The number of aromatic nitrogens is 1. The number of carbonyl (C=O) groups is 1. The number of aliphatic carboxylic acids is 1. The van der Waals surface area contributed by atoms with E-state index in [4.69, 9.17) is 0 Å². The van der Waals surface area contributed by atoms with Gasteiger partial charge in [0.15, 0.2) is 0 Å². The highest BCUT2D eigenvalue weighted by Gasteiger charge is 2.41. The van der Waals surface area contributed by atoms with E-state index in [2.05, 4.69) is 16.4 Å². The number of rotatable bonds is 3. The summed E-state index contributed by atoms with van der Waals surface area (Å²) in [5.41, 5.74) is 1.02. The van der Waals surface area contributed by atoms with Crippen molar-refractivity contribution in [2.75, 3.05) is 5.32 Å². The molecule has 1 aliphatic carbocycles. The summed E-state index contributed by atoms with van der Waals surface area (Å²) in [5, 5.41) is 13.8. The van der Waals surface area contributed by atoms with Gasteiger partial charge in [-0.25, -0.2) is 9.78 Å². The van der Waals surface area contributed by atoms with Crippen LogP contribution in [0.4, 0.5) is 5.82 Å². The third-order valence-electron chi connectivity index (χ3n) is 4.14. The first-order chi connectivity index (χ1) is 9.61. The maximum absolute atomic E-state index is 11.6. The Hall–Kier alpha value is -2.10. The fourth-order valence-corrected chi connectivity index (χ4v) is 2.95. The first-order valence-corrected chi connectivity index (χ1v) is 6.99. The molecule has 0 bridgehead atoms. The van der Waals surface area contributed by atoms with Crippen LogP contribution in [0.15, 0.2) is 30.3 Å². The highest BCUT2D eigenvalue weighted by Crippen LogP contribution is 2.34. The van der Waals surface area contributed by atoms with Gasteiger partial charge < -0.3 is 10.4 Å². The molecule has 1 fully saturated rings. The van der Waals surface area contributed by atoms with Crippen LogP contribution in [0.2, 0.25) is 0 Å². The number of nitrogens with zero attached hydrogens (tertiary/aromatic N) is 1. The number of benzene rings is 1. The van der Waals surface area contributed by atoms with Gasteiger partial charge in [0.25, 0.3) is 0 Å². The summed E-state index contributed by atoms with van der Waals surface area (Å²) in [5.74, 6) is -0.0858. The van der Waals surface area contributed by atoms with Crippen LogP contribution >= 0.6 is 0 Å². The van der Waals surface area contributed by atoms with Crippen molar-refractivity contribution in [2.45, 2.75) is 38.1 Å². The quantitative estimate of drug-likeness (QED) is 0.897. The normalized spacial score (nSPS) is 17.2. The van der Waals surface area contributed by atoms with Crippen LogP contribution in [0.25, 0.3) is 10.9 Å². The van der Waals surface area contributed by atoms with Crippen molar-refractivity contribution in [2.24, 2.45) is 0 Å². The van der Waals surface area contributed by atoms with Gasteiger partial charge in [0.2, 0.25) is 0 Å². The average Bonchev–Trinajstić information content (AvgIpc) is 2.89. The molecule has 20 heavy (non-hydrogen) atoms. The standard InChI is InChI=1S/C16H18N2O2/c1-11-10-12-6-2-3-7-13(12)17-14(11)18-16(15(19)20)8-4-5-9-16/h2-3,6-7,10H,4-5,8-9H2,1H3,(H,17,18)(H,19,20). The van der Waals surface area contributed by atoms with E-state index in [0.717, 1.165) is 29.3 Å². The molecule has 2 N–H and O–H groups in total. The van der Waals surface area contributed by atoms with Gasteiger partial charge in [-0.05, 0) is 37.5 Å². The summed E-state index contributed by atoms with van der Waals surface area (Å²) in [4.78, 5) is 16.2. The maximum Gasteiger partial charge on any atom is 0.329 e. The first kappa shape index (κ1) is 12.9. The molecule has 0 amide bonds. The summed E-state index contributed by atoms with van der Waals surface area (Å²) < 4.78 is 0. The molecule has 4 nitrogen and oxygen atoms in total. The van der Waals surface area contributed by atoms with Crippen molar-refractivity contribution < 1.29 is 9.90 Å². The third-order valence-corrected chi connectivity index (χ3v) is 4.14. The second-order valence-corrected chi connectivity index (χ2v) is 5.57. The van der Waals surface area contributed by atoms with Crippen LogP contribution in [0.5, 0.6) is 0 Å². The third kappa shape index (κ3) is 2.11. The molecule has 0 radical (unpaired) electrons. The largest absolute Gasteiger partial charge is 0.480 e. The van der Waals surface area contributed by atoms with Crippen molar-refractivity contribution in [3.8, 4) is 0 Å². The molecule has 104 valence electrons. The van der Waals surface area contributed by atoms with E-state index in [0.29, 0.717) is 18.7 Å². The van der Waals surface area contributed by atoms with Crippen LogP contribution in [0, 0.1) is 6.92 Å². The maximum atomic E-state index is 11.6. The fourth-order valence-electron chi connectivity index (χ4n) is 2.95. The summed E-state index contributed by atoms with van der Waals surface area (Å²) in [6.07, 6.45) is 3.23. The number of carboxylic acids is 1. The molecule has 1 aromatic carbocycles. The highest BCUT2D eigenvalue weighted by molar-refractivity contribution is 5.85. The van der Waals surface area contributed by atoms with Gasteiger partial charge in [-0.2, -0.15) is 0 Å². The molecule has 1 aromatic heterocycles. The lowest BCUT2D eigenvalue weighted by Crippen LogP contribution is -2.44. The smallest absolute Gasteiger partial charge is 0.329 e. The van der Waals surface area contributed by atoms with E-state index in [1.54, 1.807) is 0 Å². The fraction of sp³-hybridized carbons (Fsp3) is 0.375. The minimum absolute atomic E-state index is 0.663. The van der Waals surface area contributed by atoms with Gasteiger partial charge in [-0.3, -0.25) is 0 Å². The molecule has 0 atom stereocenters. The number of hydrogen-bond acceptors (Lipinski definition) is 3. The highest BCUT2D eigenvalue weighted by atomic mass is 16.4. The van der Waals surface area contributed by atoms with E-state index < -0.39 is 11.5 Å². The summed E-state index contributed by atoms with van der Waals surface area (Å²) in [6, 6.07) is 9.93. The van der Waals surface area contributed by atoms with Crippen LogP contribution in [0.3, 0.4) is 0 Å². The van der Waals surface area contributed by atoms with E-state index in [9.17, 15) is 9.90 Å². The Morgan fingerprint density at radius 1 is 1.30 bits per heavy atom. The Bertz CT molecular complexity index is 661. The van der Waals surface area contributed by atoms with Gasteiger partial charge >= 0.3 is 5.97 Å². The van der Waals surface area contributed by atoms with Crippen molar-refractivity contribution in [1.29, 1.82) is 0 Å². The van der Waals surface area contributed by atoms with Gasteiger partial charge in [0.1, 0.15) is 11.4 Å². The zero-order valence-corrected chi connectivity index (χ0v) is 11.5. The first-order valence-electron chi connectivity index (χ1n) is 6.99. The lowest BCUT2D eigenvalue weighted by Gasteiger charge is -2.27. The minimum Gasteiger partial charge on any atom is -0.480 e. The number of aryl methyl sites for hydroxylation is 1. The Balaban J connectivity index is 2.01. The van der Waals surface area contributed by atoms with Crippen LogP contribution in [-0.4, -0.2) is 21.6 Å². The predicted octanol–water partition coefficient (Wildman–Crippen LogP) is 3.35. The molecule has 1 saturated carbocycles. The van der Waals surface area contributed by atoms with Crippen molar-refractivity contribution in [3.05, 3.63) is 35.9 Å². The van der Waals surface area contributed by atoms with Crippen molar-refractivity contribution in [1.82, 2.24) is 4.98 Å². The second-order valence-electron chi connectivity index (χ2n) is 5.57. The Morgan fingerprint density at radius 3 is 2.70 bits per heavy atom. The molecule has 0 spiro atoms. The molecule has 1 heterocycles. The average molecular weight is 270 g/mol. The number of hydrogen-bond donors (Lipinski definition) is 2. The van der Waals surface area contributed by atoms with Crippen molar-refractivity contribution >= 4 is 22.7 Å². The number of para-hydroxylation sites is 1. The van der Waals surface area contributed by atoms with E-state index in [1.807, 2.05) is 31.2 Å². The van der Waals surface area contributed by atoms with Crippen LogP contribution < -0.4 is 5.32 Å². The molecular formula is C16H18N2O2. The molecular weight excluding hydrogens is 252 g/mol. The molecule has 3 rings (SSSR count). The predicted molar refractivity (Wildman–Crippen MR) is 78.9 cm³/mol. The van der Waals surface area contributed by atoms with Gasteiger partial charge in [0.05, 0.1) is 5.52 Å². The van der Waals surface area contributed by atoms with E-state index in [-0.39, 0.29) is 0 Å². The number of anilines is 1. The zero-order chi connectivity index (χ0) is 14.2.